The van der Waals surface area contributed by atoms with Gasteiger partial charge < -0.3 is 14.8 Å². The molecule has 0 radical (unpaired) electrons. The number of benzene rings is 2. The molecular weight excluding hydrogens is 256 g/mol. The summed E-state index contributed by atoms with van der Waals surface area (Å²) in [6.07, 6.45) is 0. The fourth-order valence-electron chi connectivity index (χ4n) is 2.03. The Labute approximate surface area is 117 Å². The van der Waals surface area contributed by atoms with Crippen molar-refractivity contribution in [1.29, 1.82) is 0 Å². The van der Waals surface area contributed by atoms with Crippen molar-refractivity contribution < 1.29 is 14.3 Å². The minimum atomic E-state index is 0.306. The van der Waals surface area contributed by atoms with E-state index in [1.807, 2.05) is 42.5 Å². The van der Waals surface area contributed by atoms with Crippen LogP contribution in [0.4, 0.5) is 11.4 Å². The van der Waals surface area contributed by atoms with Crippen LogP contribution in [0.2, 0.25) is 0 Å². The van der Waals surface area contributed by atoms with Gasteiger partial charge in [0, 0.05) is 12.2 Å². The molecule has 2 N–H and O–H groups in total. The lowest BCUT2D eigenvalue weighted by atomic mass is 10.2. The van der Waals surface area contributed by atoms with Gasteiger partial charge in [-0.1, -0.05) is 6.07 Å². The molecule has 0 saturated heterocycles. The van der Waals surface area contributed by atoms with Crippen LogP contribution in [0.1, 0.15) is 5.56 Å². The van der Waals surface area contributed by atoms with Crippen LogP contribution in [0.15, 0.2) is 42.5 Å². The minimum absolute atomic E-state index is 0.306. The summed E-state index contributed by atoms with van der Waals surface area (Å²) < 4.78 is 10.7. The summed E-state index contributed by atoms with van der Waals surface area (Å²) in [6.45, 7) is 1.04. The van der Waals surface area contributed by atoms with Crippen molar-refractivity contribution in [3.05, 3.63) is 48.0 Å². The van der Waals surface area contributed by atoms with Crippen LogP contribution >= 0.6 is 0 Å². The highest BCUT2D eigenvalue weighted by molar-refractivity contribution is 5.53. The lowest BCUT2D eigenvalue weighted by Gasteiger charge is -2.08. The van der Waals surface area contributed by atoms with Crippen LogP contribution < -0.4 is 20.3 Å². The first-order chi connectivity index (χ1) is 9.85. The molecule has 0 saturated carbocycles. The molecule has 5 nitrogen and oxygen atoms in total. The first-order valence-corrected chi connectivity index (χ1v) is 6.36. The van der Waals surface area contributed by atoms with Gasteiger partial charge in [-0.25, -0.2) is 0 Å². The molecule has 0 aromatic heterocycles. The summed E-state index contributed by atoms with van der Waals surface area (Å²) in [5, 5.41) is 3.36. The van der Waals surface area contributed by atoms with Gasteiger partial charge in [0.15, 0.2) is 11.5 Å². The van der Waals surface area contributed by atoms with Crippen LogP contribution in [-0.4, -0.2) is 13.9 Å². The van der Waals surface area contributed by atoms with E-state index in [-0.39, 0.29) is 0 Å². The van der Waals surface area contributed by atoms with Crippen molar-refractivity contribution in [3.8, 4) is 11.5 Å². The largest absolute Gasteiger partial charge is 0.454 e. The van der Waals surface area contributed by atoms with E-state index < -0.39 is 0 Å². The smallest absolute Gasteiger partial charge is 0.231 e. The number of rotatable bonds is 5. The molecule has 20 heavy (non-hydrogen) atoms. The highest BCUT2D eigenvalue weighted by atomic mass is 16.7. The Balaban J connectivity index is 1.61. The van der Waals surface area contributed by atoms with Gasteiger partial charge in [-0.2, -0.15) is 0 Å². The van der Waals surface area contributed by atoms with Gasteiger partial charge >= 0.3 is 0 Å². The Morgan fingerprint density at radius 1 is 1.00 bits per heavy atom. The molecule has 0 aliphatic carbocycles. The Kier molecular flexibility index (Phi) is 3.60. The maximum Gasteiger partial charge on any atom is 0.231 e. The van der Waals surface area contributed by atoms with Gasteiger partial charge in [0.25, 0.3) is 0 Å². The normalized spacial score (nSPS) is 12.2. The van der Waals surface area contributed by atoms with Crippen molar-refractivity contribution in [2.75, 3.05) is 24.7 Å². The second-order valence-corrected chi connectivity index (χ2v) is 4.42. The SMILES string of the molecule is CONc1ccc(NCc2ccc3c(c2)OCO3)cc1. The predicted octanol–water partition coefficient (Wildman–Crippen LogP) is 3.00. The van der Waals surface area contributed by atoms with E-state index in [1.54, 1.807) is 7.11 Å². The van der Waals surface area contributed by atoms with Crippen molar-refractivity contribution in [1.82, 2.24) is 0 Å². The summed E-state index contributed by atoms with van der Waals surface area (Å²) >= 11 is 0. The van der Waals surface area contributed by atoms with Gasteiger partial charge in [0.05, 0.1) is 12.8 Å². The molecule has 0 unspecified atom stereocenters. The molecule has 104 valence electrons. The van der Waals surface area contributed by atoms with Crippen molar-refractivity contribution in [3.63, 3.8) is 0 Å². The fourth-order valence-corrected chi connectivity index (χ4v) is 2.03. The van der Waals surface area contributed by atoms with Crippen molar-refractivity contribution in [2.45, 2.75) is 6.54 Å². The first-order valence-electron chi connectivity index (χ1n) is 6.36. The number of hydrogen-bond acceptors (Lipinski definition) is 5. The fraction of sp³-hybridized carbons (Fsp3) is 0.200. The molecule has 0 atom stereocenters. The lowest BCUT2D eigenvalue weighted by molar-refractivity contribution is 0.174. The van der Waals surface area contributed by atoms with Gasteiger partial charge in [-0.3, -0.25) is 10.3 Å². The van der Waals surface area contributed by atoms with Crippen LogP contribution in [0.25, 0.3) is 0 Å². The maximum absolute atomic E-state index is 5.36. The molecule has 2 aromatic carbocycles. The Hall–Kier alpha value is -2.40. The van der Waals surface area contributed by atoms with E-state index in [2.05, 4.69) is 10.8 Å². The molecule has 0 fully saturated rings. The van der Waals surface area contributed by atoms with Gasteiger partial charge in [-0.15, -0.1) is 0 Å². The number of hydrogen-bond donors (Lipinski definition) is 2. The van der Waals surface area contributed by atoms with Gasteiger partial charge in [-0.05, 0) is 42.0 Å². The zero-order valence-electron chi connectivity index (χ0n) is 11.2. The molecule has 5 heteroatoms. The summed E-state index contributed by atoms with van der Waals surface area (Å²) in [5.41, 5.74) is 5.89. The Morgan fingerprint density at radius 2 is 1.75 bits per heavy atom. The zero-order chi connectivity index (χ0) is 13.8. The molecule has 1 aliphatic rings. The maximum atomic E-state index is 5.36. The molecular formula is C15H16N2O3. The molecule has 1 heterocycles. The molecule has 0 bridgehead atoms. The highest BCUT2D eigenvalue weighted by Gasteiger charge is 2.12. The van der Waals surface area contributed by atoms with E-state index in [1.165, 1.54) is 0 Å². The van der Waals surface area contributed by atoms with Crippen LogP contribution in [0.3, 0.4) is 0 Å². The topological polar surface area (TPSA) is 51.8 Å². The number of ether oxygens (including phenoxy) is 2. The van der Waals surface area contributed by atoms with E-state index >= 15 is 0 Å². The minimum Gasteiger partial charge on any atom is -0.454 e. The Bertz CT molecular complexity index is 584. The number of fused-ring (bicyclic) bond motifs is 1. The summed E-state index contributed by atoms with van der Waals surface area (Å²) in [6, 6.07) is 13.8. The number of nitrogens with one attached hydrogen (secondary N) is 2. The van der Waals surface area contributed by atoms with Crippen LogP contribution in [0.5, 0.6) is 11.5 Å². The molecule has 2 aromatic rings. The quantitative estimate of drug-likeness (QED) is 0.819. The third-order valence-corrected chi connectivity index (χ3v) is 3.04. The summed E-state index contributed by atoms with van der Waals surface area (Å²) in [7, 11) is 1.59. The average Bonchev–Trinajstić information content (AvgIpc) is 2.94. The van der Waals surface area contributed by atoms with Gasteiger partial charge in [0.1, 0.15) is 0 Å². The van der Waals surface area contributed by atoms with E-state index in [9.17, 15) is 0 Å². The zero-order valence-corrected chi connectivity index (χ0v) is 11.2. The summed E-state index contributed by atoms with van der Waals surface area (Å²) in [5.74, 6) is 1.62. The average molecular weight is 272 g/mol. The highest BCUT2D eigenvalue weighted by Crippen LogP contribution is 2.32. The van der Waals surface area contributed by atoms with E-state index in [0.29, 0.717) is 6.79 Å². The first kappa shape index (κ1) is 12.6. The molecule has 1 aliphatic heterocycles. The van der Waals surface area contributed by atoms with E-state index in [4.69, 9.17) is 14.3 Å². The van der Waals surface area contributed by atoms with Gasteiger partial charge in [0.2, 0.25) is 6.79 Å². The monoisotopic (exact) mass is 272 g/mol. The Morgan fingerprint density at radius 3 is 2.55 bits per heavy atom. The third kappa shape index (κ3) is 2.78. The predicted molar refractivity (Wildman–Crippen MR) is 77.0 cm³/mol. The second-order valence-electron chi connectivity index (χ2n) is 4.42. The van der Waals surface area contributed by atoms with E-state index in [0.717, 1.165) is 35.0 Å². The van der Waals surface area contributed by atoms with Crippen molar-refractivity contribution in [2.24, 2.45) is 0 Å². The van der Waals surface area contributed by atoms with Crippen molar-refractivity contribution >= 4 is 11.4 Å². The van der Waals surface area contributed by atoms with Crippen LogP contribution in [-0.2, 0) is 11.4 Å². The lowest BCUT2D eigenvalue weighted by Crippen LogP contribution is -2.00. The molecule has 0 amide bonds. The summed E-state index contributed by atoms with van der Waals surface area (Å²) in [4.78, 5) is 4.84. The second kappa shape index (κ2) is 5.71. The molecule has 0 spiro atoms. The molecule has 3 rings (SSSR count). The number of anilines is 2. The van der Waals surface area contributed by atoms with Crippen LogP contribution in [0, 0.1) is 0 Å². The standard InChI is InChI=1S/C15H16N2O3/c1-18-17-13-5-3-12(4-6-13)16-9-11-2-7-14-15(8-11)20-10-19-14/h2-8,16-17H,9-10H2,1H3. The third-order valence-electron chi connectivity index (χ3n) is 3.04.